The minimum absolute atomic E-state index is 0.561. The third-order valence-electron chi connectivity index (χ3n) is 3.51. The van der Waals surface area contributed by atoms with Crippen LogP contribution in [0.5, 0.6) is 11.5 Å². The minimum Gasteiger partial charge on any atom is -0.497 e. The number of hydrogen-bond donors (Lipinski definition) is 0. The van der Waals surface area contributed by atoms with Crippen molar-refractivity contribution in [2.45, 2.75) is 20.5 Å². The number of methoxy groups -OCH3 is 1. The quantitative estimate of drug-likeness (QED) is 0.764. The van der Waals surface area contributed by atoms with Crippen LogP contribution in [0, 0.1) is 0 Å². The van der Waals surface area contributed by atoms with Crippen molar-refractivity contribution < 1.29 is 9.47 Å². The second-order valence-corrected chi connectivity index (χ2v) is 4.81. The summed E-state index contributed by atoms with van der Waals surface area (Å²) < 4.78 is 11.0. The molecule has 0 saturated heterocycles. The molecular formula is C18H23NO2. The lowest BCUT2D eigenvalue weighted by Gasteiger charge is -2.21. The van der Waals surface area contributed by atoms with Gasteiger partial charge in [-0.05, 0) is 43.7 Å². The summed E-state index contributed by atoms with van der Waals surface area (Å²) in [4.78, 5) is 2.31. The van der Waals surface area contributed by atoms with E-state index in [1.807, 2.05) is 36.4 Å². The smallest absolute Gasteiger partial charge is 0.121 e. The Balaban J connectivity index is 2.00. The number of anilines is 1. The van der Waals surface area contributed by atoms with Crippen LogP contribution < -0.4 is 14.4 Å². The third kappa shape index (κ3) is 4.15. The van der Waals surface area contributed by atoms with Gasteiger partial charge in [0.15, 0.2) is 0 Å². The molecule has 0 saturated carbocycles. The molecule has 0 spiro atoms. The summed E-state index contributed by atoms with van der Waals surface area (Å²) in [5.74, 6) is 1.76. The molecule has 0 heterocycles. The van der Waals surface area contributed by atoms with Crippen molar-refractivity contribution in [3.05, 3.63) is 54.1 Å². The molecule has 0 amide bonds. The second-order valence-electron chi connectivity index (χ2n) is 4.81. The molecule has 0 bridgehead atoms. The topological polar surface area (TPSA) is 21.7 Å². The van der Waals surface area contributed by atoms with E-state index in [9.17, 15) is 0 Å². The van der Waals surface area contributed by atoms with E-state index in [1.54, 1.807) is 7.11 Å². The van der Waals surface area contributed by atoms with Crippen LogP contribution in [-0.2, 0) is 6.61 Å². The highest BCUT2D eigenvalue weighted by atomic mass is 16.5. The summed E-state index contributed by atoms with van der Waals surface area (Å²) in [6.07, 6.45) is 0. The van der Waals surface area contributed by atoms with Crippen molar-refractivity contribution in [2.24, 2.45) is 0 Å². The Morgan fingerprint density at radius 1 is 0.905 bits per heavy atom. The van der Waals surface area contributed by atoms with E-state index in [2.05, 4.69) is 30.9 Å². The summed E-state index contributed by atoms with van der Waals surface area (Å²) in [7, 11) is 1.67. The van der Waals surface area contributed by atoms with E-state index < -0.39 is 0 Å². The van der Waals surface area contributed by atoms with Crippen LogP contribution in [0.4, 0.5) is 5.69 Å². The van der Waals surface area contributed by atoms with Gasteiger partial charge < -0.3 is 14.4 Å². The van der Waals surface area contributed by atoms with E-state index in [4.69, 9.17) is 9.47 Å². The first-order chi connectivity index (χ1) is 10.3. The Labute approximate surface area is 127 Å². The first-order valence-corrected chi connectivity index (χ1v) is 7.37. The van der Waals surface area contributed by atoms with Crippen LogP contribution >= 0.6 is 0 Å². The van der Waals surface area contributed by atoms with E-state index in [0.29, 0.717) is 6.61 Å². The average Bonchev–Trinajstić information content (AvgIpc) is 2.55. The lowest BCUT2D eigenvalue weighted by atomic mass is 10.2. The molecule has 2 aromatic carbocycles. The lowest BCUT2D eigenvalue weighted by molar-refractivity contribution is 0.306. The molecule has 0 radical (unpaired) electrons. The Bertz CT molecular complexity index is 547. The van der Waals surface area contributed by atoms with Crippen LogP contribution in [0.15, 0.2) is 48.5 Å². The molecule has 0 aromatic heterocycles. The highest BCUT2D eigenvalue weighted by Gasteiger charge is 2.03. The molecule has 3 heteroatoms. The molecule has 21 heavy (non-hydrogen) atoms. The molecular weight excluding hydrogens is 262 g/mol. The predicted octanol–water partition coefficient (Wildman–Crippen LogP) is 4.12. The largest absolute Gasteiger partial charge is 0.497 e. The molecule has 0 aliphatic rings. The van der Waals surface area contributed by atoms with Crippen molar-refractivity contribution in [3.8, 4) is 11.5 Å². The van der Waals surface area contributed by atoms with Gasteiger partial charge in [0.1, 0.15) is 18.1 Å². The maximum atomic E-state index is 5.88. The maximum Gasteiger partial charge on any atom is 0.121 e. The standard InChI is InChI=1S/C18H23NO2/c1-4-19(5-2)16-7-6-8-18(13-16)21-14-15-9-11-17(20-3)12-10-15/h6-13H,4-5,14H2,1-3H3. The molecule has 2 rings (SSSR count). The second kappa shape index (κ2) is 7.58. The summed E-state index contributed by atoms with van der Waals surface area (Å²) in [5, 5.41) is 0. The highest BCUT2D eigenvalue weighted by Crippen LogP contribution is 2.22. The molecule has 2 aromatic rings. The van der Waals surface area contributed by atoms with Gasteiger partial charge in [0, 0.05) is 24.8 Å². The van der Waals surface area contributed by atoms with Gasteiger partial charge in [0.05, 0.1) is 7.11 Å². The van der Waals surface area contributed by atoms with Gasteiger partial charge in [-0.25, -0.2) is 0 Å². The van der Waals surface area contributed by atoms with Gasteiger partial charge >= 0.3 is 0 Å². The van der Waals surface area contributed by atoms with E-state index in [0.717, 1.165) is 30.2 Å². The fourth-order valence-electron chi connectivity index (χ4n) is 2.25. The Morgan fingerprint density at radius 2 is 1.62 bits per heavy atom. The van der Waals surface area contributed by atoms with Crippen LogP contribution in [0.3, 0.4) is 0 Å². The van der Waals surface area contributed by atoms with E-state index >= 15 is 0 Å². The zero-order valence-corrected chi connectivity index (χ0v) is 13.0. The number of benzene rings is 2. The zero-order valence-electron chi connectivity index (χ0n) is 13.0. The van der Waals surface area contributed by atoms with Gasteiger partial charge in [0.25, 0.3) is 0 Å². The Kier molecular flexibility index (Phi) is 5.50. The van der Waals surface area contributed by atoms with Gasteiger partial charge in [-0.2, -0.15) is 0 Å². The monoisotopic (exact) mass is 285 g/mol. The van der Waals surface area contributed by atoms with E-state index in [1.165, 1.54) is 5.69 Å². The minimum atomic E-state index is 0.561. The average molecular weight is 285 g/mol. The third-order valence-corrected chi connectivity index (χ3v) is 3.51. The summed E-state index contributed by atoms with van der Waals surface area (Å²) in [6, 6.07) is 16.2. The molecule has 0 aliphatic carbocycles. The number of nitrogens with zero attached hydrogens (tertiary/aromatic N) is 1. The summed E-state index contributed by atoms with van der Waals surface area (Å²) in [6.45, 7) is 6.88. The Morgan fingerprint density at radius 3 is 2.24 bits per heavy atom. The van der Waals surface area contributed by atoms with Crippen LogP contribution in [-0.4, -0.2) is 20.2 Å². The lowest BCUT2D eigenvalue weighted by Crippen LogP contribution is -2.21. The van der Waals surface area contributed by atoms with Crippen molar-refractivity contribution in [3.63, 3.8) is 0 Å². The van der Waals surface area contributed by atoms with Crippen LogP contribution in [0.1, 0.15) is 19.4 Å². The van der Waals surface area contributed by atoms with Crippen molar-refractivity contribution >= 4 is 5.69 Å². The van der Waals surface area contributed by atoms with Gasteiger partial charge in [-0.15, -0.1) is 0 Å². The van der Waals surface area contributed by atoms with Crippen LogP contribution in [0.2, 0.25) is 0 Å². The number of ether oxygens (including phenoxy) is 2. The first kappa shape index (κ1) is 15.2. The van der Waals surface area contributed by atoms with Crippen molar-refractivity contribution in [1.82, 2.24) is 0 Å². The van der Waals surface area contributed by atoms with Gasteiger partial charge in [0.2, 0.25) is 0 Å². The normalized spacial score (nSPS) is 10.2. The molecule has 0 N–H and O–H groups in total. The highest BCUT2D eigenvalue weighted by molar-refractivity contribution is 5.50. The molecule has 3 nitrogen and oxygen atoms in total. The molecule has 0 atom stereocenters. The van der Waals surface area contributed by atoms with E-state index in [-0.39, 0.29) is 0 Å². The summed E-state index contributed by atoms with van der Waals surface area (Å²) >= 11 is 0. The first-order valence-electron chi connectivity index (χ1n) is 7.37. The molecule has 112 valence electrons. The molecule has 0 aliphatic heterocycles. The molecule has 0 fully saturated rings. The van der Waals surface area contributed by atoms with Crippen molar-refractivity contribution in [2.75, 3.05) is 25.1 Å². The van der Waals surface area contributed by atoms with Gasteiger partial charge in [-0.3, -0.25) is 0 Å². The fourth-order valence-corrected chi connectivity index (χ4v) is 2.25. The number of hydrogen-bond acceptors (Lipinski definition) is 3. The Hall–Kier alpha value is -2.16. The molecule has 0 unspecified atom stereocenters. The summed E-state index contributed by atoms with van der Waals surface area (Å²) in [5.41, 5.74) is 2.33. The number of rotatable bonds is 7. The fraction of sp³-hybridized carbons (Fsp3) is 0.333. The van der Waals surface area contributed by atoms with Gasteiger partial charge in [-0.1, -0.05) is 18.2 Å². The van der Waals surface area contributed by atoms with Crippen molar-refractivity contribution in [1.29, 1.82) is 0 Å². The zero-order chi connectivity index (χ0) is 15.1. The van der Waals surface area contributed by atoms with Crippen LogP contribution in [0.25, 0.3) is 0 Å². The maximum absolute atomic E-state index is 5.88. The predicted molar refractivity (Wildman–Crippen MR) is 87.3 cm³/mol. The SMILES string of the molecule is CCN(CC)c1cccc(OCc2ccc(OC)cc2)c1.